The number of hydrogen-bond acceptors (Lipinski definition) is 4. The average molecular weight is 210 g/mol. The zero-order chi connectivity index (χ0) is 11.4. The van der Waals surface area contributed by atoms with E-state index in [0.29, 0.717) is 5.71 Å². The third kappa shape index (κ3) is 3.22. The average Bonchev–Trinajstić information content (AvgIpc) is 2.12. The second-order valence-corrected chi connectivity index (χ2v) is 3.00. The van der Waals surface area contributed by atoms with Gasteiger partial charge < -0.3 is 4.98 Å². The van der Waals surface area contributed by atoms with E-state index in [0.717, 1.165) is 6.07 Å². The van der Waals surface area contributed by atoms with Crippen molar-refractivity contribution in [1.82, 2.24) is 15.4 Å². The molecule has 7 heteroatoms. The Kier molecular flexibility index (Phi) is 3.17. The van der Waals surface area contributed by atoms with Gasteiger partial charge in [-0.2, -0.15) is 5.10 Å². The minimum atomic E-state index is -0.732. The molecular formula is C8H10N4O3. The number of carbonyl (C=O) groups excluding carboxylic acids is 1. The molecule has 80 valence electrons. The number of aromatic amines is 2. The lowest BCUT2D eigenvalue weighted by molar-refractivity contribution is 0.0949. The first kappa shape index (κ1) is 10.9. The molecule has 1 aromatic rings. The Morgan fingerprint density at radius 1 is 1.33 bits per heavy atom. The van der Waals surface area contributed by atoms with Gasteiger partial charge in [0.1, 0.15) is 5.69 Å². The maximum atomic E-state index is 11.3. The van der Waals surface area contributed by atoms with E-state index in [1.54, 1.807) is 13.8 Å². The fourth-order valence-electron chi connectivity index (χ4n) is 0.814. The molecule has 0 atom stereocenters. The van der Waals surface area contributed by atoms with Crippen LogP contribution in [0, 0.1) is 0 Å². The zero-order valence-electron chi connectivity index (χ0n) is 8.25. The van der Waals surface area contributed by atoms with Gasteiger partial charge in [-0.3, -0.25) is 14.6 Å². The first-order valence-electron chi connectivity index (χ1n) is 4.14. The predicted octanol–water partition coefficient (Wildman–Crippen LogP) is -0.811. The number of H-pyrrole nitrogens is 2. The van der Waals surface area contributed by atoms with E-state index in [9.17, 15) is 14.4 Å². The Balaban J connectivity index is 2.97. The van der Waals surface area contributed by atoms with Crippen LogP contribution in [0.2, 0.25) is 0 Å². The quantitative estimate of drug-likeness (QED) is 0.438. The summed E-state index contributed by atoms with van der Waals surface area (Å²) in [7, 11) is 0. The molecule has 0 aliphatic heterocycles. The molecule has 1 amide bonds. The minimum Gasteiger partial charge on any atom is -0.303 e. The number of hydrazone groups is 1. The van der Waals surface area contributed by atoms with Crippen LogP contribution in [0.25, 0.3) is 0 Å². The number of carbonyl (C=O) groups is 1. The molecule has 0 aromatic carbocycles. The molecule has 7 nitrogen and oxygen atoms in total. The largest absolute Gasteiger partial charge is 0.326 e. The highest BCUT2D eigenvalue weighted by Gasteiger charge is 2.06. The second kappa shape index (κ2) is 4.36. The van der Waals surface area contributed by atoms with E-state index in [1.807, 2.05) is 4.98 Å². The van der Waals surface area contributed by atoms with E-state index >= 15 is 0 Å². The highest BCUT2D eigenvalue weighted by atomic mass is 16.2. The van der Waals surface area contributed by atoms with Gasteiger partial charge in [0.2, 0.25) is 0 Å². The van der Waals surface area contributed by atoms with Gasteiger partial charge in [-0.1, -0.05) is 0 Å². The van der Waals surface area contributed by atoms with Crippen LogP contribution in [0.1, 0.15) is 24.3 Å². The van der Waals surface area contributed by atoms with Gasteiger partial charge in [0.25, 0.3) is 11.5 Å². The monoisotopic (exact) mass is 210 g/mol. The van der Waals surface area contributed by atoms with Crippen molar-refractivity contribution in [2.75, 3.05) is 0 Å². The molecule has 0 aliphatic rings. The highest BCUT2D eigenvalue weighted by Crippen LogP contribution is 1.85. The number of amides is 1. The molecule has 1 aromatic heterocycles. The number of rotatable bonds is 2. The number of hydrogen-bond donors (Lipinski definition) is 3. The van der Waals surface area contributed by atoms with Gasteiger partial charge in [-0.15, -0.1) is 0 Å². The van der Waals surface area contributed by atoms with Crippen molar-refractivity contribution in [2.24, 2.45) is 5.10 Å². The number of aromatic nitrogens is 2. The SMILES string of the molecule is CC(C)=NNC(=O)c1cc(=O)[nH]c(=O)[nH]1. The van der Waals surface area contributed by atoms with Gasteiger partial charge in [0, 0.05) is 11.8 Å². The molecule has 0 radical (unpaired) electrons. The summed E-state index contributed by atoms with van der Waals surface area (Å²) in [5, 5.41) is 3.64. The summed E-state index contributed by atoms with van der Waals surface area (Å²) in [5.41, 5.74) is 1.33. The normalized spacial score (nSPS) is 9.47. The molecule has 15 heavy (non-hydrogen) atoms. The molecule has 1 heterocycles. The molecule has 0 bridgehead atoms. The third-order valence-electron chi connectivity index (χ3n) is 1.39. The molecule has 0 aliphatic carbocycles. The van der Waals surface area contributed by atoms with Crippen molar-refractivity contribution in [3.63, 3.8) is 0 Å². The maximum Gasteiger partial charge on any atom is 0.326 e. The van der Waals surface area contributed by atoms with Crippen molar-refractivity contribution in [1.29, 1.82) is 0 Å². The molecule has 1 rings (SSSR count). The fourth-order valence-corrected chi connectivity index (χ4v) is 0.814. The summed E-state index contributed by atoms with van der Waals surface area (Å²) in [4.78, 5) is 37.1. The van der Waals surface area contributed by atoms with Gasteiger partial charge in [-0.25, -0.2) is 10.2 Å². The Hall–Kier alpha value is -2.18. The predicted molar refractivity (Wildman–Crippen MR) is 53.9 cm³/mol. The maximum absolute atomic E-state index is 11.3. The van der Waals surface area contributed by atoms with Crippen LogP contribution in [0.5, 0.6) is 0 Å². The molecule has 0 fully saturated rings. The molecule has 0 saturated carbocycles. The van der Waals surface area contributed by atoms with Crippen LogP contribution in [0.4, 0.5) is 0 Å². The fraction of sp³-hybridized carbons (Fsp3) is 0.250. The Labute approximate surface area is 84.2 Å². The highest BCUT2D eigenvalue weighted by molar-refractivity contribution is 5.93. The minimum absolute atomic E-state index is 0.131. The van der Waals surface area contributed by atoms with E-state index < -0.39 is 17.2 Å². The van der Waals surface area contributed by atoms with Crippen molar-refractivity contribution in [3.8, 4) is 0 Å². The van der Waals surface area contributed by atoms with E-state index in [-0.39, 0.29) is 5.69 Å². The van der Waals surface area contributed by atoms with E-state index in [2.05, 4.69) is 15.5 Å². The summed E-state index contributed by atoms with van der Waals surface area (Å²) in [6, 6.07) is 0.983. The summed E-state index contributed by atoms with van der Waals surface area (Å²) >= 11 is 0. The van der Waals surface area contributed by atoms with Crippen LogP contribution in [-0.4, -0.2) is 21.6 Å². The lowest BCUT2D eigenvalue weighted by Gasteiger charge is -1.98. The molecule has 3 N–H and O–H groups in total. The molecular weight excluding hydrogens is 200 g/mol. The van der Waals surface area contributed by atoms with Crippen molar-refractivity contribution in [2.45, 2.75) is 13.8 Å². The van der Waals surface area contributed by atoms with Crippen LogP contribution in [-0.2, 0) is 0 Å². The van der Waals surface area contributed by atoms with Crippen molar-refractivity contribution < 1.29 is 4.79 Å². The van der Waals surface area contributed by atoms with Crippen molar-refractivity contribution in [3.05, 3.63) is 32.6 Å². The Bertz CT molecular complexity index is 479. The number of nitrogens with zero attached hydrogens (tertiary/aromatic N) is 1. The third-order valence-corrected chi connectivity index (χ3v) is 1.39. The topological polar surface area (TPSA) is 107 Å². The van der Waals surface area contributed by atoms with E-state index in [1.165, 1.54) is 0 Å². The summed E-state index contributed by atoms with van der Waals surface area (Å²) in [6.45, 7) is 3.39. The van der Waals surface area contributed by atoms with Crippen molar-refractivity contribution >= 4 is 11.6 Å². The summed E-state index contributed by atoms with van der Waals surface area (Å²) in [5.74, 6) is -0.639. The Morgan fingerprint density at radius 2 is 2.00 bits per heavy atom. The van der Waals surface area contributed by atoms with E-state index in [4.69, 9.17) is 0 Å². The summed E-state index contributed by atoms with van der Waals surface area (Å²) in [6.07, 6.45) is 0. The van der Waals surface area contributed by atoms with Crippen LogP contribution < -0.4 is 16.7 Å². The first-order chi connectivity index (χ1) is 6.99. The second-order valence-electron chi connectivity index (χ2n) is 3.00. The smallest absolute Gasteiger partial charge is 0.303 e. The lowest BCUT2D eigenvalue weighted by Crippen LogP contribution is -2.29. The van der Waals surface area contributed by atoms with Gasteiger partial charge >= 0.3 is 5.69 Å². The molecule has 0 spiro atoms. The van der Waals surface area contributed by atoms with Crippen LogP contribution in [0.15, 0.2) is 20.8 Å². The first-order valence-corrected chi connectivity index (χ1v) is 4.14. The van der Waals surface area contributed by atoms with Crippen LogP contribution in [0.3, 0.4) is 0 Å². The summed E-state index contributed by atoms with van der Waals surface area (Å²) < 4.78 is 0. The van der Waals surface area contributed by atoms with Gasteiger partial charge in [-0.05, 0) is 13.8 Å². The standard InChI is InChI=1S/C8H10N4O3/c1-4(2)11-12-7(14)5-3-6(13)10-8(15)9-5/h3H,1-2H3,(H,12,14)(H2,9,10,13,15). The lowest BCUT2D eigenvalue weighted by atomic mass is 10.4. The van der Waals surface area contributed by atoms with Crippen LogP contribution >= 0.6 is 0 Å². The van der Waals surface area contributed by atoms with Gasteiger partial charge in [0.15, 0.2) is 0 Å². The molecule has 0 saturated heterocycles. The van der Waals surface area contributed by atoms with Gasteiger partial charge in [0.05, 0.1) is 0 Å². The Morgan fingerprint density at radius 3 is 2.53 bits per heavy atom. The number of nitrogens with one attached hydrogen (secondary N) is 3. The molecule has 0 unspecified atom stereocenters. The zero-order valence-corrected chi connectivity index (χ0v) is 8.25.